The number of nitro benzene ring substituents is 1. The minimum Gasteiger partial charge on any atom is -0.478 e. The summed E-state index contributed by atoms with van der Waals surface area (Å²) in [6, 6.07) is 34.7. The van der Waals surface area contributed by atoms with Crippen molar-refractivity contribution in [1.82, 2.24) is 9.47 Å². The van der Waals surface area contributed by atoms with Gasteiger partial charge in [-0.05, 0) is 109 Å². The number of nitrogens with one attached hydrogen (secondary N) is 2. The number of benzene rings is 5. The van der Waals surface area contributed by atoms with Crippen LogP contribution in [0.4, 0.5) is 32.8 Å². The molecule has 6 aromatic rings. The first-order valence-corrected chi connectivity index (χ1v) is 24.3. The number of morpholine rings is 1. The highest BCUT2D eigenvalue weighted by Crippen LogP contribution is 2.40. The molecule has 1 atom stereocenters. The van der Waals surface area contributed by atoms with Gasteiger partial charge in [0.15, 0.2) is 0 Å². The van der Waals surface area contributed by atoms with Crippen LogP contribution in [0.5, 0.6) is 0 Å². The Bertz CT molecular complexity index is 2780. The Labute approximate surface area is 388 Å². The van der Waals surface area contributed by atoms with Gasteiger partial charge in [-0.3, -0.25) is 19.7 Å². The van der Waals surface area contributed by atoms with E-state index in [2.05, 4.69) is 24.7 Å². The van der Waals surface area contributed by atoms with E-state index in [4.69, 9.17) is 4.74 Å². The number of hydrogen-bond acceptors (Lipinski definition) is 11. The van der Waals surface area contributed by atoms with E-state index in [1.165, 1.54) is 24.3 Å². The fraction of sp³-hybridized carbons (Fsp3) is 0.286. The van der Waals surface area contributed by atoms with Crippen LogP contribution in [0.1, 0.15) is 22.5 Å². The molecule has 14 nitrogen and oxygen atoms in total. The molecule has 2 fully saturated rings. The van der Waals surface area contributed by atoms with Gasteiger partial charge in [-0.25, -0.2) is 17.6 Å². The van der Waals surface area contributed by atoms with E-state index in [0.29, 0.717) is 73.3 Å². The highest BCUT2D eigenvalue weighted by Gasteiger charge is 2.28. The van der Waals surface area contributed by atoms with E-state index in [9.17, 15) is 32.8 Å². The summed E-state index contributed by atoms with van der Waals surface area (Å²) < 4.78 is 51.1. The largest absolute Gasteiger partial charge is 0.478 e. The summed E-state index contributed by atoms with van der Waals surface area (Å²) in [5, 5.41) is 26.1. The van der Waals surface area contributed by atoms with Gasteiger partial charge in [-0.1, -0.05) is 30.3 Å². The molecule has 0 saturated carbocycles. The molecule has 0 spiro atoms. The van der Waals surface area contributed by atoms with E-state index in [1.54, 1.807) is 43.0 Å². The molecule has 344 valence electrons. The molecule has 0 unspecified atom stereocenters. The van der Waals surface area contributed by atoms with E-state index >= 15 is 0 Å². The third-order valence-corrected chi connectivity index (χ3v) is 14.8. The molecular formula is C49H52FN7O7S2. The van der Waals surface area contributed by atoms with Crippen LogP contribution in [-0.2, 0) is 21.8 Å². The second-order valence-electron chi connectivity index (χ2n) is 16.4. The van der Waals surface area contributed by atoms with Crippen molar-refractivity contribution in [3.8, 4) is 22.4 Å². The van der Waals surface area contributed by atoms with Crippen LogP contribution in [0.25, 0.3) is 22.4 Å². The lowest BCUT2D eigenvalue weighted by atomic mass is 9.96. The minimum atomic E-state index is -4.19. The first-order valence-electron chi connectivity index (χ1n) is 21.8. The number of anilines is 4. The molecule has 0 aliphatic carbocycles. The molecule has 0 amide bonds. The fourth-order valence-corrected chi connectivity index (χ4v) is 10.6. The van der Waals surface area contributed by atoms with Crippen molar-refractivity contribution < 1.29 is 32.4 Å². The van der Waals surface area contributed by atoms with Crippen molar-refractivity contribution in [3.63, 3.8) is 0 Å². The van der Waals surface area contributed by atoms with Gasteiger partial charge in [0.25, 0.3) is 15.7 Å². The van der Waals surface area contributed by atoms with Crippen molar-refractivity contribution in [2.24, 2.45) is 7.05 Å². The smallest absolute Gasteiger partial charge is 0.338 e. The number of ether oxygens (including phenoxy) is 1. The number of halogens is 1. The van der Waals surface area contributed by atoms with E-state index < -0.39 is 20.9 Å². The van der Waals surface area contributed by atoms with Gasteiger partial charge >= 0.3 is 5.97 Å². The van der Waals surface area contributed by atoms with Gasteiger partial charge in [0.2, 0.25) is 0 Å². The number of carbonyl (C=O) groups is 1. The Kier molecular flexibility index (Phi) is 14.3. The molecule has 2 aliphatic rings. The molecule has 2 aliphatic heterocycles. The molecule has 1 aromatic heterocycles. The number of rotatable bonds is 17. The van der Waals surface area contributed by atoms with Crippen molar-refractivity contribution in [1.29, 1.82) is 0 Å². The number of carboxylic acid groups (broad SMARTS) is 1. The number of piperazine rings is 1. The highest BCUT2D eigenvalue weighted by atomic mass is 32.2. The second kappa shape index (κ2) is 20.4. The van der Waals surface area contributed by atoms with Gasteiger partial charge in [0.1, 0.15) is 11.5 Å². The predicted octanol–water partition coefficient (Wildman–Crippen LogP) is 8.84. The molecular weight excluding hydrogens is 882 g/mol. The SMILES string of the molecule is Cc1c(C(=O)O)c(-c2cccc(N3CCN(c4ccc(NS(=O)(=O)c5ccc(N[C@H](CCN6CCOCC6)CSc6ccccc6)c([N+](=O)[O-])c5)cc4)CC3)c2)c(-c2ccc(F)cc2)n1C. The second-order valence-corrected chi connectivity index (χ2v) is 19.2. The Balaban J connectivity index is 0.919. The Morgan fingerprint density at radius 1 is 0.848 bits per heavy atom. The minimum absolute atomic E-state index is 0.133. The molecule has 3 heterocycles. The molecule has 66 heavy (non-hydrogen) atoms. The average molecular weight is 934 g/mol. The van der Waals surface area contributed by atoms with Crippen molar-refractivity contribution in [2.75, 3.05) is 84.6 Å². The maximum atomic E-state index is 13.9. The Hall–Kier alpha value is -6.40. The summed E-state index contributed by atoms with van der Waals surface area (Å²) >= 11 is 1.66. The van der Waals surface area contributed by atoms with Crippen LogP contribution >= 0.6 is 11.8 Å². The van der Waals surface area contributed by atoms with Gasteiger partial charge in [0, 0.05) is 104 Å². The summed E-state index contributed by atoms with van der Waals surface area (Å²) in [6.07, 6.45) is 0.727. The lowest BCUT2D eigenvalue weighted by molar-refractivity contribution is -0.384. The number of aromatic carboxylic acids is 1. The predicted molar refractivity (Wildman–Crippen MR) is 259 cm³/mol. The number of thioether (sulfide) groups is 1. The van der Waals surface area contributed by atoms with Crippen LogP contribution in [-0.4, -0.2) is 105 Å². The zero-order valence-corrected chi connectivity index (χ0v) is 38.4. The monoisotopic (exact) mass is 933 g/mol. The van der Waals surface area contributed by atoms with Crippen molar-refractivity contribution >= 4 is 56.2 Å². The lowest BCUT2D eigenvalue weighted by Gasteiger charge is -2.37. The van der Waals surface area contributed by atoms with E-state index in [1.807, 2.05) is 78.3 Å². The van der Waals surface area contributed by atoms with Gasteiger partial charge < -0.3 is 29.5 Å². The number of carboxylic acids is 1. The van der Waals surface area contributed by atoms with Crippen LogP contribution in [0.15, 0.2) is 131 Å². The number of sulfonamides is 1. The highest BCUT2D eigenvalue weighted by molar-refractivity contribution is 7.99. The summed E-state index contributed by atoms with van der Waals surface area (Å²) in [5.41, 5.74) is 5.60. The first-order chi connectivity index (χ1) is 31.8. The van der Waals surface area contributed by atoms with E-state index in [0.717, 1.165) is 54.0 Å². The topological polar surface area (TPSA) is 163 Å². The van der Waals surface area contributed by atoms with Crippen LogP contribution in [0.2, 0.25) is 0 Å². The average Bonchev–Trinajstić information content (AvgIpc) is 3.60. The molecule has 17 heteroatoms. The van der Waals surface area contributed by atoms with Crippen molar-refractivity contribution in [3.05, 3.63) is 149 Å². The normalized spacial score (nSPS) is 15.1. The first kappa shape index (κ1) is 46.1. The number of nitrogens with zero attached hydrogens (tertiary/aromatic N) is 5. The molecule has 0 bridgehead atoms. The Morgan fingerprint density at radius 2 is 1.53 bits per heavy atom. The summed E-state index contributed by atoms with van der Waals surface area (Å²) in [5.74, 6) is -0.759. The molecule has 3 N–H and O–H groups in total. The number of aromatic nitrogens is 1. The standard InChI is InChI=1S/C49H52FN7O7S2/c1-34-46(49(58)59)47(48(53(34)2)35-11-13-37(50)14-12-35)36-7-6-8-41(31-36)56-25-23-55(24-26-56)40-17-15-38(16-18-40)52-66(62,63)43-19-20-44(45(32-43)57(60)61)51-39(21-22-54-27-29-64-30-28-54)33-65-42-9-4-3-5-10-42/h3-20,31-32,39,51-52H,21-30,33H2,1-2H3,(H,58,59)/t39-/m1/s1. The van der Waals surface area contributed by atoms with Crippen molar-refractivity contribution in [2.45, 2.75) is 29.2 Å². The fourth-order valence-electron chi connectivity index (χ4n) is 8.57. The third kappa shape index (κ3) is 10.7. The summed E-state index contributed by atoms with van der Waals surface area (Å²) in [6.45, 7) is 8.25. The lowest BCUT2D eigenvalue weighted by Crippen LogP contribution is -2.46. The molecule has 2 saturated heterocycles. The van der Waals surface area contributed by atoms with Gasteiger partial charge in [0.05, 0.1) is 34.3 Å². The summed E-state index contributed by atoms with van der Waals surface area (Å²) in [7, 11) is -2.37. The van der Waals surface area contributed by atoms with Gasteiger partial charge in [-0.2, -0.15) is 0 Å². The number of nitro groups is 1. The van der Waals surface area contributed by atoms with E-state index in [-0.39, 0.29) is 33.7 Å². The van der Waals surface area contributed by atoms with Crippen LogP contribution in [0, 0.1) is 22.9 Å². The van der Waals surface area contributed by atoms with Crippen LogP contribution in [0.3, 0.4) is 0 Å². The zero-order valence-electron chi connectivity index (χ0n) is 36.7. The quantitative estimate of drug-likeness (QED) is 0.0453. The van der Waals surface area contributed by atoms with Gasteiger partial charge in [-0.15, -0.1) is 11.8 Å². The Morgan fingerprint density at radius 3 is 2.20 bits per heavy atom. The maximum absolute atomic E-state index is 13.9. The number of hydrogen-bond donors (Lipinski definition) is 3. The maximum Gasteiger partial charge on any atom is 0.338 e. The molecule has 0 radical (unpaired) electrons. The zero-order chi connectivity index (χ0) is 46.4. The molecule has 5 aromatic carbocycles. The summed E-state index contributed by atoms with van der Waals surface area (Å²) in [4.78, 5) is 32.1. The third-order valence-electron chi connectivity index (χ3n) is 12.2. The molecule has 8 rings (SSSR count). The van der Waals surface area contributed by atoms with Crippen LogP contribution < -0.4 is 19.8 Å².